The van der Waals surface area contributed by atoms with E-state index in [4.69, 9.17) is 0 Å². The molecular formula is C25H27NOSi. The molecule has 0 bridgehead atoms. The molecule has 28 heavy (non-hydrogen) atoms. The molecule has 0 fully saturated rings. The monoisotopic (exact) mass is 385 g/mol. The molecule has 3 heteroatoms. The summed E-state index contributed by atoms with van der Waals surface area (Å²) in [6.45, 7) is 7.34. The Kier molecular flexibility index (Phi) is 4.99. The Hall–Kier alpha value is -2.57. The lowest BCUT2D eigenvalue weighted by atomic mass is 9.82. The molecule has 1 aliphatic carbocycles. The Balaban J connectivity index is 1.78. The predicted molar refractivity (Wildman–Crippen MR) is 120 cm³/mol. The molecule has 0 aromatic heterocycles. The summed E-state index contributed by atoms with van der Waals surface area (Å²) in [5, 5.41) is 12.9. The van der Waals surface area contributed by atoms with Crippen molar-refractivity contribution in [2.24, 2.45) is 0 Å². The van der Waals surface area contributed by atoms with Crippen LogP contribution in [0.1, 0.15) is 35.4 Å². The number of hydrogen-bond acceptors (Lipinski definition) is 1. The van der Waals surface area contributed by atoms with Gasteiger partial charge in [-0.2, -0.15) is 0 Å². The van der Waals surface area contributed by atoms with Gasteiger partial charge in [-0.05, 0) is 29.5 Å². The summed E-state index contributed by atoms with van der Waals surface area (Å²) in [5.74, 6) is 3.79. The van der Waals surface area contributed by atoms with Gasteiger partial charge in [-0.25, -0.2) is 4.74 Å². The van der Waals surface area contributed by atoms with E-state index in [1.165, 1.54) is 27.0 Å². The number of rotatable bonds is 2. The highest BCUT2D eigenvalue weighted by molar-refractivity contribution is 6.84. The second-order valence-electron chi connectivity index (χ2n) is 8.83. The van der Waals surface area contributed by atoms with E-state index in [1.807, 2.05) is 6.07 Å². The first-order valence-electron chi connectivity index (χ1n) is 10.1. The maximum absolute atomic E-state index is 12.9. The van der Waals surface area contributed by atoms with Gasteiger partial charge in [0.1, 0.15) is 8.07 Å². The van der Waals surface area contributed by atoms with E-state index in [0.29, 0.717) is 6.54 Å². The lowest BCUT2D eigenvalue weighted by Gasteiger charge is -2.20. The topological polar surface area (TPSA) is 26.1 Å². The summed E-state index contributed by atoms with van der Waals surface area (Å²) < 4.78 is 1.23. The molecule has 2 aromatic rings. The number of hydroxylamine groups is 1. The molecule has 1 atom stereocenters. The normalized spacial score (nSPS) is 19.3. The minimum absolute atomic E-state index is 0.268. The molecule has 142 valence electrons. The van der Waals surface area contributed by atoms with E-state index < -0.39 is 8.07 Å². The number of nitrogens with zero attached hydrogens (tertiary/aromatic N) is 1. The van der Waals surface area contributed by atoms with E-state index in [2.05, 4.69) is 79.6 Å². The van der Waals surface area contributed by atoms with Crippen molar-refractivity contribution >= 4 is 19.4 Å². The van der Waals surface area contributed by atoms with Crippen molar-refractivity contribution in [2.75, 3.05) is 6.54 Å². The number of hydrogen-bond donors (Lipinski definition) is 0. The maximum Gasteiger partial charge on any atom is 0.192 e. The van der Waals surface area contributed by atoms with Gasteiger partial charge in [0.25, 0.3) is 0 Å². The second kappa shape index (κ2) is 7.45. The number of aryl methyl sites for hydroxylation is 1. The van der Waals surface area contributed by atoms with Crippen molar-refractivity contribution < 1.29 is 4.74 Å². The van der Waals surface area contributed by atoms with Crippen LogP contribution in [0.4, 0.5) is 0 Å². The van der Waals surface area contributed by atoms with Crippen LogP contribution in [-0.4, -0.2) is 25.1 Å². The molecule has 2 aliphatic rings. The molecule has 0 saturated carbocycles. The van der Waals surface area contributed by atoms with Crippen molar-refractivity contribution in [3.8, 4) is 11.5 Å². The van der Waals surface area contributed by atoms with Gasteiger partial charge in [0.2, 0.25) is 0 Å². The number of benzene rings is 2. The standard InChI is InChI=1S/C25H27NOSi/c1-28(2,3)16-15-23-22-12-8-7-11-20(22)13-14-24(23)25-17-21(18-26(25)27)19-9-5-4-6-10-19/h4-12,21H,13-14,17-18H2,1-3H3. The van der Waals surface area contributed by atoms with Crippen LogP contribution in [0.25, 0.3) is 5.57 Å². The van der Waals surface area contributed by atoms with Crippen LogP contribution in [0.3, 0.4) is 0 Å². The van der Waals surface area contributed by atoms with Crippen molar-refractivity contribution in [1.29, 1.82) is 0 Å². The summed E-state index contributed by atoms with van der Waals surface area (Å²) in [6, 6.07) is 19.0. The highest BCUT2D eigenvalue weighted by Gasteiger charge is 2.34. The first-order valence-corrected chi connectivity index (χ1v) is 13.6. The number of fused-ring (bicyclic) bond motifs is 1. The minimum atomic E-state index is -1.51. The Morgan fingerprint density at radius 2 is 1.68 bits per heavy atom. The summed E-state index contributed by atoms with van der Waals surface area (Å²) in [7, 11) is -1.51. The van der Waals surface area contributed by atoms with Crippen molar-refractivity contribution in [2.45, 2.75) is 44.8 Å². The van der Waals surface area contributed by atoms with Crippen LogP contribution in [0, 0.1) is 16.7 Å². The first kappa shape index (κ1) is 18.8. The van der Waals surface area contributed by atoms with Crippen LogP contribution in [0.5, 0.6) is 0 Å². The highest BCUT2D eigenvalue weighted by Crippen LogP contribution is 2.36. The largest absolute Gasteiger partial charge is 0.624 e. The molecule has 2 nitrogen and oxygen atoms in total. The summed E-state index contributed by atoms with van der Waals surface area (Å²) in [5.41, 5.74) is 10.6. The van der Waals surface area contributed by atoms with Gasteiger partial charge in [-0.15, -0.1) is 5.54 Å². The van der Waals surface area contributed by atoms with E-state index in [9.17, 15) is 5.21 Å². The average molecular weight is 386 g/mol. The molecule has 4 rings (SSSR count). The van der Waals surface area contributed by atoms with Gasteiger partial charge < -0.3 is 5.21 Å². The molecule has 2 aromatic carbocycles. The molecule has 1 heterocycles. The van der Waals surface area contributed by atoms with Gasteiger partial charge in [-0.3, -0.25) is 0 Å². The molecule has 1 unspecified atom stereocenters. The van der Waals surface area contributed by atoms with Crippen LogP contribution in [0.2, 0.25) is 19.6 Å². The van der Waals surface area contributed by atoms with Gasteiger partial charge in [0, 0.05) is 17.6 Å². The molecular weight excluding hydrogens is 358 g/mol. The zero-order valence-corrected chi connectivity index (χ0v) is 18.0. The predicted octanol–water partition coefficient (Wildman–Crippen LogP) is 5.41. The summed E-state index contributed by atoms with van der Waals surface area (Å²) in [6.07, 6.45) is 2.70. The van der Waals surface area contributed by atoms with Gasteiger partial charge >= 0.3 is 0 Å². The fraction of sp³-hybridized carbons (Fsp3) is 0.320. The zero-order chi connectivity index (χ0) is 19.7. The third-order valence-corrected chi connectivity index (χ3v) is 6.42. The van der Waals surface area contributed by atoms with Crippen LogP contribution >= 0.6 is 0 Å². The quantitative estimate of drug-likeness (QED) is 0.294. The lowest BCUT2D eigenvalue weighted by Crippen LogP contribution is -2.18. The molecule has 0 spiro atoms. The SMILES string of the molecule is C[Si](C)(C)C#CC1=C(C2=[N+]([O-])CC(c3ccccc3)C2)CCc2ccccc21. The molecule has 0 N–H and O–H groups in total. The van der Waals surface area contributed by atoms with E-state index in [-0.39, 0.29) is 5.92 Å². The summed E-state index contributed by atoms with van der Waals surface area (Å²) in [4.78, 5) is 0. The Morgan fingerprint density at radius 3 is 2.43 bits per heavy atom. The van der Waals surface area contributed by atoms with Crippen LogP contribution < -0.4 is 0 Å². The molecule has 0 radical (unpaired) electrons. The lowest BCUT2D eigenvalue weighted by molar-refractivity contribution is -0.450. The van der Waals surface area contributed by atoms with Gasteiger partial charge in [-0.1, -0.05) is 80.2 Å². The van der Waals surface area contributed by atoms with Gasteiger partial charge in [0.15, 0.2) is 12.3 Å². The molecule has 0 amide bonds. The fourth-order valence-corrected chi connectivity index (χ4v) is 4.64. The average Bonchev–Trinajstić information content (AvgIpc) is 3.07. The van der Waals surface area contributed by atoms with E-state index >= 15 is 0 Å². The Bertz CT molecular complexity index is 1020. The Morgan fingerprint density at radius 1 is 0.964 bits per heavy atom. The van der Waals surface area contributed by atoms with E-state index in [1.54, 1.807) is 0 Å². The fourth-order valence-electron chi connectivity index (χ4n) is 4.14. The Labute approximate surface area is 169 Å². The molecule has 1 aliphatic heterocycles. The third-order valence-electron chi connectivity index (χ3n) is 5.54. The second-order valence-corrected chi connectivity index (χ2v) is 13.6. The summed E-state index contributed by atoms with van der Waals surface area (Å²) >= 11 is 0. The maximum atomic E-state index is 12.9. The first-order chi connectivity index (χ1) is 13.4. The smallest absolute Gasteiger partial charge is 0.192 e. The van der Waals surface area contributed by atoms with Crippen molar-refractivity contribution in [3.05, 3.63) is 82.1 Å². The minimum Gasteiger partial charge on any atom is -0.624 e. The van der Waals surface area contributed by atoms with Gasteiger partial charge in [0.05, 0.1) is 5.92 Å². The van der Waals surface area contributed by atoms with Crippen molar-refractivity contribution in [3.63, 3.8) is 0 Å². The van der Waals surface area contributed by atoms with Crippen LogP contribution in [0.15, 0.2) is 60.2 Å². The molecule has 0 saturated heterocycles. The van der Waals surface area contributed by atoms with Crippen molar-refractivity contribution in [1.82, 2.24) is 0 Å². The number of allylic oxidation sites excluding steroid dienone is 2. The third kappa shape index (κ3) is 3.84. The van der Waals surface area contributed by atoms with E-state index in [0.717, 1.165) is 30.5 Å². The van der Waals surface area contributed by atoms with Crippen LogP contribution in [-0.2, 0) is 6.42 Å². The highest BCUT2D eigenvalue weighted by atomic mass is 28.3. The zero-order valence-electron chi connectivity index (χ0n) is 17.0.